The number of aromatic amines is 1. The average Bonchev–Trinajstić information content (AvgIpc) is 2.95. The summed E-state index contributed by atoms with van der Waals surface area (Å²) in [6, 6.07) is 7.41. The lowest BCUT2D eigenvalue weighted by Crippen LogP contribution is -2.37. The Kier molecular flexibility index (Phi) is 3.98. The first-order valence-corrected chi connectivity index (χ1v) is 7.41. The summed E-state index contributed by atoms with van der Waals surface area (Å²) >= 11 is 6.10. The molecule has 0 fully saturated rings. The van der Waals surface area contributed by atoms with Crippen LogP contribution in [0.2, 0.25) is 5.02 Å². The van der Waals surface area contributed by atoms with Crippen molar-refractivity contribution in [1.29, 1.82) is 0 Å². The molecule has 3 rings (SSSR count). The highest BCUT2D eigenvalue weighted by molar-refractivity contribution is 6.30. The summed E-state index contributed by atoms with van der Waals surface area (Å²) in [4.78, 5) is 16.6. The molecular weight excluding hydrogens is 304 g/mol. The van der Waals surface area contributed by atoms with Gasteiger partial charge < -0.3 is 19.4 Å². The van der Waals surface area contributed by atoms with E-state index in [1.165, 1.54) is 7.11 Å². The molecule has 22 heavy (non-hydrogen) atoms. The molecule has 1 aliphatic rings. The van der Waals surface area contributed by atoms with Gasteiger partial charge in [0.1, 0.15) is 17.5 Å². The predicted octanol–water partition coefficient (Wildman–Crippen LogP) is 3.24. The molecule has 0 saturated carbocycles. The number of carbonyl (C=O) groups is 1. The number of ether oxygens (including phenoxy) is 2. The number of hydrogen-bond donors (Lipinski definition) is 1. The van der Waals surface area contributed by atoms with Crippen LogP contribution in [0.25, 0.3) is 0 Å². The number of carbonyl (C=O) groups excluding carboxylic acids is 1. The second kappa shape index (κ2) is 5.93. The Bertz CT molecular complexity index is 698. The second-order valence-corrected chi connectivity index (χ2v) is 5.77. The van der Waals surface area contributed by atoms with E-state index in [2.05, 4.69) is 9.88 Å². The largest absolute Gasteiger partial charge is 0.487 e. The molecule has 0 saturated heterocycles. The second-order valence-electron chi connectivity index (χ2n) is 5.33. The van der Waals surface area contributed by atoms with E-state index >= 15 is 0 Å². The van der Waals surface area contributed by atoms with Gasteiger partial charge in [-0.1, -0.05) is 11.6 Å². The number of hydrogen-bond acceptors (Lipinski definition) is 4. The van der Waals surface area contributed by atoms with Crippen LogP contribution in [0.5, 0.6) is 5.75 Å². The first kappa shape index (κ1) is 14.8. The molecule has 1 aromatic carbocycles. The van der Waals surface area contributed by atoms with E-state index in [1.54, 1.807) is 6.07 Å². The normalized spacial score (nSPS) is 16.9. The molecule has 5 nitrogen and oxygen atoms in total. The van der Waals surface area contributed by atoms with Gasteiger partial charge in [-0.15, -0.1) is 0 Å². The molecule has 1 N–H and O–H groups in total. The molecule has 1 aromatic heterocycles. The van der Waals surface area contributed by atoms with E-state index in [0.29, 0.717) is 17.3 Å². The van der Waals surface area contributed by atoms with Crippen molar-refractivity contribution in [2.45, 2.75) is 19.6 Å². The zero-order valence-corrected chi connectivity index (χ0v) is 13.2. The third-order valence-electron chi connectivity index (χ3n) is 3.59. The van der Waals surface area contributed by atoms with Crippen LogP contribution < -0.4 is 9.64 Å². The molecule has 2 heterocycles. The number of halogens is 1. The quantitative estimate of drug-likeness (QED) is 0.882. The van der Waals surface area contributed by atoms with Crippen molar-refractivity contribution in [2.75, 3.05) is 18.6 Å². The number of rotatable bonds is 3. The van der Waals surface area contributed by atoms with Crippen molar-refractivity contribution in [2.24, 2.45) is 0 Å². The highest BCUT2D eigenvalue weighted by Crippen LogP contribution is 2.36. The zero-order chi connectivity index (χ0) is 15.7. The molecule has 116 valence electrons. The fourth-order valence-corrected chi connectivity index (χ4v) is 2.79. The van der Waals surface area contributed by atoms with Gasteiger partial charge in [0.15, 0.2) is 0 Å². The summed E-state index contributed by atoms with van der Waals surface area (Å²) in [5, 5.41) is 0.672. The number of nitrogens with one attached hydrogen (secondary N) is 1. The van der Waals surface area contributed by atoms with Gasteiger partial charge >= 0.3 is 5.97 Å². The lowest BCUT2D eigenvalue weighted by Gasteiger charge is -2.35. The monoisotopic (exact) mass is 320 g/mol. The lowest BCUT2D eigenvalue weighted by molar-refractivity contribution is 0.0595. The van der Waals surface area contributed by atoms with Gasteiger partial charge in [-0.05, 0) is 36.8 Å². The first-order valence-electron chi connectivity index (χ1n) is 7.03. The number of nitrogens with zero attached hydrogens (tertiary/aromatic N) is 1. The minimum atomic E-state index is -0.370. The third-order valence-corrected chi connectivity index (χ3v) is 3.82. The van der Waals surface area contributed by atoms with Gasteiger partial charge in [0, 0.05) is 17.8 Å². The maximum atomic E-state index is 11.5. The van der Waals surface area contributed by atoms with E-state index in [1.807, 2.05) is 31.3 Å². The molecule has 0 amide bonds. The SMILES string of the molecule is COC(=O)c1cc(CN2C[C@H](C)Oc3ccc(Cl)cc32)c[nH]1. The van der Waals surface area contributed by atoms with Crippen molar-refractivity contribution in [3.63, 3.8) is 0 Å². The van der Waals surface area contributed by atoms with Crippen molar-refractivity contribution in [1.82, 2.24) is 4.98 Å². The van der Waals surface area contributed by atoms with Crippen LogP contribution in [-0.2, 0) is 11.3 Å². The molecule has 0 radical (unpaired) electrons. The molecule has 1 aliphatic heterocycles. The number of aromatic nitrogens is 1. The van der Waals surface area contributed by atoms with Crippen molar-refractivity contribution >= 4 is 23.3 Å². The van der Waals surface area contributed by atoms with E-state index in [0.717, 1.165) is 23.5 Å². The van der Waals surface area contributed by atoms with Gasteiger partial charge in [-0.2, -0.15) is 0 Å². The van der Waals surface area contributed by atoms with Crippen LogP contribution >= 0.6 is 11.6 Å². The van der Waals surface area contributed by atoms with Gasteiger partial charge in [0.25, 0.3) is 0 Å². The molecule has 0 spiro atoms. The maximum absolute atomic E-state index is 11.5. The van der Waals surface area contributed by atoms with Crippen LogP contribution in [0.1, 0.15) is 23.0 Å². The predicted molar refractivity (Wildman–Crippen MR) is 84.7 cm³/mol. The minimum absolute atomic E-state index is 0.0905. The van der Waals surface area contributed by atoms with E-state index in [-0.39, 0.29) is 12.1 Å². The zero-order valence-electron chi connectivity index (χ0n) is 12.4. The molecule has 6 heteroatoms. The Morgan fingerprint density at radius 1 is 1.50 bits per heavy atom. The number of anilines is 1. The highest BCUT2D eigenvalue weighted by Gasteiger charge is 2.23. The van der Waals surface area contributed by atoms with Gasteiger partial charge in [-0.3, -0.25) is 0 Å². The highest BCUT2D eigenvalue weighted by atomic mass is 35.5. The number of fused-ring (bicyclic) bond motifs is 1. The Labute approximate surface area is 133 Å². The Hall–Kier alpha value is -2.14. The summed E-state index contributed by atoms with van der Waals surface area (Å²) in [5.74, 6) is 0.455. The molecule has 2 aromatic rings. The van der Waals surface area contributed by atoms with Crippen LogP contribution in [0.4, 0.5) is 5.69 Å². The van der Waals surface area contributed by atoms with Crippen LogP contribution in [-0.4, -0.2) is 30.7 Å². The maximum Gasteiger partial charge on any atom is 0.354 e. The summed E-state index contributed by atoms with van der Waals surface area (Å²) < 4.78 is 10.5. The Morgan fingerprint density at radius 3 is 3.09 bits per heavy atom. The smallest absolute Gasteiger partial charge is 0.354 e. The van der Waals surface area contributed by atoms with E-state index in [9.17, 15) is 4.79 Å². The van der Waals surface area contributed by atoms with Crippen molar-refractivity contribution in [3.8, 4) is 5.75 Å². The van der Waals surface area contributed by atoms with Crippen LogP contribution in [0.15, 0.2) is 30.5 Å². The van der Waals surface area contributed by atoms with Crippen LogP contribution in [0.3, 0.4) is 0 Å². The number of esters is 1. The summed E-state index contributed by atoms with van der Waals surface area (Å²) in [5.41, 5.74) is 2.41. The first-order chi connectivity index (χ1) is 10.6. The molecule has 0 bridgehead atoms. The van der Waals surface area contributed by atoms with Gasteiger partial charge in [-0.25, -0.2) is 4.79 Å². The van der Waals surface area contributed by atoms with Gasteiger partial charge in [0.2, 0.25) is 0 Å². The Balaban J connectivity index is 1.85. The number of methoxy groups -OCH3 is 1. The molecule has 0 unspecified atom stereocenters. The summed E-state index contributed by atoms with van der Waals surface area (Å²) in [6.45, 7) is 3.45. The fraction of sp³-hybridized carbons (Fsp3) is 0.312. The Morgan fingerprint density at radius 2 is 2.32 bits per heavy atom. The van der Waals surface area contributed by atoms with E-state index < -0.39 is 0 Å². The summed E-state index contributed by atoms with van der Waals surface area (Å²) in [7, 11) is 1.37. The third kappa shape index (κ3) is 2.90. The van der Waals surface area contributed by atoms with E-state index in [4.69, 9.17) is 21.1 Å². The molecular formula is C16H17ClN2O3. The standard InChI is InChI=1S/C16H17ClN2O3/c1-10-8-19(14-6-12(17)3-4-15(14)22-10)9-11-5-13(18-7-11)16(20)21-2/h3-7,10,18H,8-9H2,1-2H3/t10-/m0/s1. The number of H-pyrrole nitrogens is 1. The minimum Gasteiger partial charge on any atom is -0.487 e. The van der Waals surface area contributed by atoms with Crippen molar-refractivity contribution < 1.29 is 14.3 Å². The molecule has 1 atom stereocenters. The average molecular weight is 321 g/mol. The van der Waals surface area contributed by atoms with Gasteiger partial charge in [0.05, 0.1) is 19.3 Å². The summed E-state index contributed by atoms with van der Waals surface area (Å²) in [6.07, 6.45) is 1.91. The van der Waals surface area contributed by atoms with Crippen molar-refractivity contribution in [3.05, 3.63) is 46.7 Å². The molecule has 0 aliphatic carbocycles. The lowest BCUT2D eigenvalue weighted by atomic mass is 10.1. The van der Waals surface area contributed by atoms with Crippen LogP contribution in [0, 0.1) is 0 Å². The topological polar surface area (TPSA) is 54.6 Å². The number of benzene rings is 1. The fourth-order valence-electron chi connectivity index (χ4n) is 2.63.